The molecule has 0 atom stereocenters. The van der Waals surface area contributed by atoms with Gasteiger partial charge in [-0.2, -0.15) is 9.97 Å². The summed E-state index contributed by atoms with van der Waals surface area (Å²) in [7, 11) is 0. The largest absolute Gasteiger partial charge is 0.444 e. The van der Waals surface area contributed by atoms with Crippen LogP contribution < -0.4 is 21.3 Å². The maximum absolute atomic E-state index is 13.4. The van der Waals surface area contributed by atoms with Gasteiger partial charge in [0.15, 0.2) is 0 Å². The highest BCUT2D eigenvalue weighted by atomic mass is 16.6. The number of nitrogens with zero attached hydrogens (tertiary/aromatic N) is 5. The van der Waals surface area contributed by atoms with E-state index in [1.54, 1.807) is 0 Å². The zero-order valence-corrected chi connectivity index (χ0v) is 30.0. The number of aromatic nitrogens is 2. The topological polar surface area (TPSA) is 138 Å². The molecule has 1 aliphatic heterocycles. The summed E-state index contributed by atoms with van der Waals surface area (Å²) in [5.41, 5.74) is 5.01. The molecule has 2 aliphatic carbocycles. The Hall–Kier alpha value is -3.02. The van der Waals surface area contributed by atoms with Crippen molar-refractivity contribution >= 4 is 29.8 Å². The smallest absolute Gasteiger partial charge is 0.410 e. The van der Waals surface area contributed by atoms with Gasteiger partial charge in [0.05, 0.1) is 0 Å². The molecule has 0 unspecified atom stereocenters. The molecule has 1 saturated heterocycles. The highest BCUT2D eigenvalue weighted by Gasteiger charge is 2.31. The summed E-state index contributed by atoms with van der Waals surface area (Å²) in [6, 6.07) is 2.01. The Kier molecular flexibility index (Phi) is 13.2. The number of hydrogen-bond donors (Lipinski definition) is 3. The fraction of sp³-hybridized carbons (Fsp3) is 0.829. The Morgan fingerprint density at radius 1 is 0.894 bits per heavy atom. The average molecular weight is 659 g/mol. The normalized spacial score (nSPS) is 21.2. The number of amides is 2. The molecule has 2 saturated carbocycles. The average Bonchev–Trinajstić information content (AvgIpc) is 3.01. The number of carbonyl (C=O) groups is 2. The molecule has 3 aliphatic rings. The van der Waals surface area contributed by atoms with Crippen molar-refractivity contribution < 1.29 is 19.1 Å². The third-order valence-electron chi connectivity index (χ3n) is 9.27. The van der Waals surface area contributed by atoms with Crippen LogP contribution >= 0.6 is 0 Å². The molecule has 2 heterocycles. The van der Waals surface area contributed by atoms with Gasteiger partial charge in [-0.25, -0.2) is 9.59 Å². The van der Waals surface area contributed by atoms with Crippen molar-refractivity contribution in [3.8, 4) is 0 Å². The summed E-state index contributed by atoms with van der Waals surface area (Å²) in [5, 5.41) is 6.88. The van der Waals surface area contributed by atoms with Gasteiger partial charge in [-0.15, -0.1) is 0 Å². The predicted octanol–water partition coefficient (Wildman–Crippen LogP) is 5.88. The summed E-state index contributed by atoms with van der Waals surface area (Å²) >= 11 is 0. The molecular formula is C35H62N8O4. The van der Waals surface area contributed by atoms with Gasteiger partial charge in [0, 0.05) is 64.5 Å². The van der Waals surface area contributed by atoms with E-state index >= 15 is 0 Å². The number of ether oxygens (including phenoxy) is 2. The Morgan fingerprint density at radius 3 is 2.15 bits per heavy atom. The zero-order valence-electron chi connectivity index (χ0n) is 30.0. The molecular weight excluding hydrogens is 596 g/mol. The minimum atomic E-state index is -0.571. The molecule has 0 bridgehead atoms. The van der Waals surface area contributed by atoms with Gasteiger partial charge in [0.1, 0.15) is 22.8 Å². The first-order chi connectivity index (χ1) is 22.3. The SMILES string of the molecule is CC(C)(C)OC(=O)N(CCCN(C(=O)OC(C)(C)C)C1CCCCC1)CC1CCC(CNc2cc(N)nc(N3CCNCC3)n2)CC1. The van der Waals surface area contributed by atoms with E-state index in [1.807, 2.05) is 57.4 Å². The van der Waals surface area contributed by atoms with Crippen molar-refractivity contribution in [2.75, 3.05) is 68.3 Å². The molecule has 4 N–H and O–H groups in total. The van der Waals surface area contributed by atoms with Crippen LogP contribution in [-0.4, -0.2) is 102 Å². The highest BCUT2D eigenvalue weighted by Crippen LogP contribution is 2.31. The molecule has 266 valence electrons. The van der Waals surface area contributed by atoms with E-state index < -0.39 is 11.2 Å². The Bertz CT molecular complexity index is 1130. The van der Waals surface area contributed by atoms with E-state index in [2.05, 4.69) is 20.5 Å². The van der Waals surface area contributed by atoms with Gasteiger partial charge in [0.2, 0.25) is 5.95 Å². The first kappa shape index (κ1) is 36.8. The molecule has 1 aromatic rings. The Labute approximate surface area is 282 Å². The maximum atomic E-state index is 13.4. The van der Waals surface area contributed by atoms with Crippen LogP contribution in [0.15, 0.2) is 6.07 Å². The number of nitrogens with one attached hydrogen (secondary N) is 2. The molecule has 0 radical (unpaired) electrons. The van der Waals surface area contributed by atoms with Gasteiger partial charge in [-0.1, -0.05) is 19.3 Å². The number of hydrogen-bond acceptors (Lipinski definition) is 10. The summed E-state index contributed by atoms with van der Waals surface area (Å²) in [6.07, 6.45) is 9.94. The molecule has 12 nitrogen and oxygen atoms in total. The lowest BCUT2D eigenvalue weighted by molar-refractivity contribution is 0.00904. The lowest BCUT2D eigenvalue weighted by atomic mass is 9.81. The van der Waals surface area contributed by atoms with Crippen molar-refractivity contribution in [1.82, 2.24) is 25.1 Å². The van der Waals surface area contributed by atoms with Gasteiger partial charge in [-0.3, -0.25) is 0 Å². The quantitative estimate of drug-likeness (QED) is 0.264. The lowest BCUT2D eigenvalue weighted by Gasteiger charge is -2.37. The van der Waals surface area contributed by atoms with Gasteiger partial charge < -0.3 is 40.5 Å². The predicted molar refractivity (Wildman–Crippen MR) is 188 cm³/mol. The van der Waals surface area contributed by atoms with Crippen LogP contribution in [0.4, 0.5) is 27.2 Å². The molecule has 12 heteroatoms. The number of nitrogens with two attached hydrogens (primary N) is 1. The second-order valence-corrected chi connectivity index (χ2v) is 15.7. The van der Waals surface area contributed by atoms with Gasteiger partial charge in [0.25, 0.3) is 0 Å². The van der Waals surface area contributed by atoms with Crippen molar-refractivity contribution in [3.05, 3.63) is 6.07 Å². The molecule has 47 heavy (non-hydrogen) atoms. The number of carbonyl (C=O) groups excluding carboxylic acids is 2. The van der Waals surface area contributed by atoms with Crippen LogP contribution in [0.2, 0.25) is 0 Å². The summed E-state index contributed by atoms with van der Waals surface area (Å²) in [4.78, 5) is 41.8. The molecule has 2 amide bonds. The van der Waals surface area contributed by atoms with Crippen molar-refractivity contribution in [2.24, 2.45) is 11.8 Å². The first-order valence-corrected chi connectivity index (χ1v) is 18.1. The van der Waals surface area contributed by atoms with E-state index in [0.717, 1.165) is 89.9 Å². The van der Waals surface area contributed by atoms with Crippen LogP contribution in [0.5, 0.6) is 0 Å². The fourth-order valence-electron chi connectivity index (χ4n) is 6.88. The van der Waals surface area contributed by atoms with E-state index in [-0.39, 0.29) is 18.2 Å². The minimum absolute atomic E-state index is 0.199. The maximum Gasteiger partial charge on any atom is 0.410 e. The van der Waals surface area contributed by atoms with Crippen molar-refractivity contribution in [2.45, 2.75) is 123 Å². The molecule has 0 spiro atoms. The lowest BCUT2D eigenvalue weighted by Crippen LogP contribution is -2.46. The van der Waals surface area contributed by atoms with E-state index in [4.69, 9.17) is 20.2 Å². The summed E-state index contributed by atoms with van der Waals surface area (Å²) in [5.74, 6) is 2.88. The number of nitrogen functional groups attached to an aromatic ring is 1. The van der Waals surface area contributed by atoms with Gasteiger partial charge >= 0.3 is 12.2 Å². The first-order valence-electron chi connectivity index (χ1n) is 18.1. The van der Waals surface area contributed by atoms with Gasteiger partial charge in [-0.05, 0) is 98.3 Å². The second kappa shape index (κ2) is 16.9. The standard InChI is InChI=1S/C35H62N8O4/c1-34(2,3)46-32(44)42(19-10-20-43(28-11-8-7-9-12-28)33(45)47-35(4,5)6)25-27-15-13-26(14-16-27)24-38-30-23-29(36)39-31(40-30)41-21-17-37-18-22-41/h23,26-28,37H,7-22,24-25H2,1-6H3,(H3,36,38,39,40). The van der Waals surface area contributed by atoms with Crippen LogP contribution in [0, 0.1) is 11.8 Å². The summed E-state index contributed by atoms with van der Waals surface area (Å²) in [6.45, 7) is 17.7. The molecule has 3 fully saturated rings. The number of anilines is 3. The molecule has 0 aromatic carbocycles. The van der Waals surface area contributed by atoms with Crippen molar-refractivity contribution in [1.29, 1.82) is 0 Å². The number of rotatable bonds is 11. The summed E-state index contributed by atoms with van der Waals surface area (Å²) < 4.78 is 11.6. The highest BCUT2D eigenvalue weighted by molar-refractivity contribution is 5.69. The minimum Gasteiger partial charge on any atom is -0.444 e. The van der Waals surface area contributed by atoms with Crippen molar-refractivity contribution in [3.63, 3.8) is 0 Å². The fourth-order valence-corrected chi connectivity index (χ4v) is 6.88. The Morgan fingerprint density at radius 2 is 1.51 bits per heavy atom. The Balaban J connectivity index is 1.30. The third-order valence-corrected chi connectivity index (χ3v) is 9.27. The molecule has 4 rings (SSSR count). The second-order valence-electron chi connectivity index (χ2n) is 15.7. The third kappa shape index (κ3) is 12.5. The van der Waals surface area contributed by atoms with Crippen LogP contribution in [0.25, 0.3) is 0 Å². The molecule has 1 aromatic heterocycles. The van der Waals surface area contributed by atoms with E-state index in [1.165, 1.54) is 6.42 Å². The number of piperazine rings is 1. The monoisotopic (exact) mass is 658 g/mol. The van der Waals surface area contributed by atoms with Crippen LogP contribution in [-0.2, 0) is 9.47 Å². The van der Waals surface area contributed by atoms with Crippen LogP contribution in [0.1, 0.15) is 106 Å². The van der Waals surface area contributed by atoms with E-state index in [0.29, 0.717) is 49.7 Å². The van der Waals surface area contributed by atoms with Crippen LogP contribution in [0.3, 0.4) is 0 Å². The zero-order chi connectivity index (χ0) is 34.0. The van der Waals surface area contributed by atoms with E-state index in [9.17, 15) is 9.59 Å².